The molecule has 0 saturated heterocycles. The highest BCUT2D eigenvalue weighted by Crippen LogP contribution is 2.25. The third kappa shape index (κ3) is 5.52. The van der Waals surface area contributed by atoms with Crippen LogP contribution in [0.5, 0.6) is 5.75 Å². The van der Waals surface area contributed by atoms with Gasteiger partial charge in [0.1, 0.15) is 5.75 Å². The van der Waals surface area contributed by atoms with Gasteiger partial charge in [0.25, 0.3) is 0 Å². The molecule has 0 radical (unpaired) electrons. The molecule has 0 unspecified atom stereocenters. The van der Waals surface area contributed by atoms with Gasteiger partial charge in [-0.15, -0.1) is 0 Å². The van der Waals surface area contributed by atoms with E-state index < -0.39 is 0 Å². The van der Waals surface area contributed by atoms with Crippen LogP contribution in [0.15, 0.2) is 22.7 Å². The van der Waals surface area contributed by atoms with Gasteiger partial charge in [0, 0.05) is 6.61 Å². The first kappa shape index (κ1) is 14.5. The fourth-order valence-electron chi connectivity index (χ4n) is 1.35. The van der Waals surface area contributed by atoms with Gasteiger partial charge in [0.2, 0.25) is 0 Å². The molecule has 3 nitrogen and oxygen atoms in total. The van der Waals surface area contributed by atoms with Crippen molar-refractivity contribution in [2.24, 2.45) is 0 Å². The minimum atomic E-state index is 0.595. The molecule has 0 spiro atoms. The van der Waals surface area contributed by atoms with Crippen LogP contribution in [0.3, 0.4) is 0 Å². The van der Waals surface area contributed by atoms with E-state index in [2.05, 4.69) is 22.9 Å². The summed E-state index contributed by atoms with van der Waals surface area (Å²) in [4.78, 5) is 0. The van der Waals surface area contributed by atoms with E-state index in [-0.39, 0.29) is 0 Å². The first-order valence-electron chi connectivity index (χ1n) is 5.75. The largest absolute Gasteiger partial charge is 0.496 e. The molecule has 17 heavy (non-hydrogen) atoms. The van der Waals surface area contributed by atoms with E-state index in [1.165, 1.54) is 0 Å². The highest BCUT2D eigenvalue weighted by Gasteiger charge is 2.01. The summed E-state index contributed by atoms with van der Waals surface area (Å²) in [7, 11) is 1.65. The molecular formula is C13H19BrO3. The number of rotatable bonds is 8. The lowest BCUT2D eigenvalue weighted by molar-refractivity contribution is 0.0408. The van der Waals surface area contributed by atoms with Crippen LogP contribution in [0.25, 0.3) is 0 Å². The second kappa shape index (κ2) is 8.50. The minimum Gasteiger partial charge on any atom is -0.496 e. The van der Waals surface area contributed by atoms with Crippen LogP contribution in [0, 0.1) is 0 Å². The summed E-state index contributed by atoms with van der Waals surface area (Å²) in [5, 5.41) is 0. The van der Waals surface area contributed by atoms with Crippen LogP contribution in [0.4, 0.5) is 0 Å². The molecule has 1 aromatic rings. The summed E-state index contributed by atoms with van der Waals surface area (Å²) in [6.07, 6.45) is 1.05. The van der Waals surface area contributed by atoms with E-state index in [4.69, 9.17) is 14.2 Å². The number of halogens is 1. The van der Waals surface area contributed by atoms with Gasteiger partial charge in [-0.3, -0.25) is 0 Å². The van der Waals surface area contributed by atoms with Crippen molar-refractivity contribution in [3.8, 4) is 5.75 Å². The Bertz CT molecular complexity index is 328. The van der Waals surface area contributed by atoms with Crippen LogP contribution in [-0.2, 0) is 16.1 Å². The standard InChI is InChI=1S/C13H19BrO3/c1-3-6-16-7-8-17-10-11-4-5-13(15-2)12(14)9-11/h4-5,9H,3,6-8,10H2,1-2H3. The Hall–Kier alpha value is -0.580. The van der Waals surface area contributed by atoms with Crippen molar-refractivity contribution in [3.05, 3.63) is 28.2 Å². The van der Waals surface area contributed by atoms with Crippen molar-refractivity contribution < 1.29 is 14.2 Å². The lowest BCUT2D eigenvalue weighted by atomic mass is 10.2. The summed E-state index contributed by atoms with van der Waals surface area (Å²) in [5.41, 5.74) is 1.12. The van der Waals surface area contributed by atoms with E-state index in [1.54, 1.807) is 7.11 Å². The van der Waals surface area contributed by atoms with Crippen molar-refractivity contribution in [2.75, 3.05) is 26.9 Å². The zero-order valence-electron chi connectivity index (χ0n) is 10.4. The van der Waals surface area contributed by atoms with Crippen LogP contribution in [0.2, 0.25) is 0 Å². The number of benzene rings is 1. The lowest BCUT2D eigenvalue weighted by Crippen LogP contribution is -2.04. The van der Waals surface area contributed by atoms with Gasteiger partial charge in [-0.1, -0.05) is 13.0 Å². The monoisotopic (exact) mass is 302 g/mol. The number of ether oxygens (including phenoxy) is 3. The van der Waals surface area contributed by atoms with E-state index in [9.17, 15) is 0 Å². The molecule has 1 rings (SSSR count). The Balaban J connectivity index is 2.25. The predicted molar refractivity (Wildman–Crippen MR) is 71.5 cm³/mol. The molecule has 96 valence electrons. The van der Waals surface area contributed by atoms with Gasteiger partial charge < -0.3 is 14.2 Å². The van der Waals surface area contributed by atoms with Gasteiger partial charge in [-0.25, -0.2) is 0 Å². The molecule has 4 heteroatoms. The molecule has 0 bridgehead atoms. The molecule has 0 atom stereocenters. The van der Waals surface area contributed by atoms with Crippen LogP contribution in [0.1, 0.15) is 18.9 Å². The third-order valence-electron chi connectivity index (χ3n) is 2.21. The van der Waals surface area contributed by atoms with Gasteiger partial charge in [0.05, 0.1) is 31.4 Å². The Morgan fingerprint density at radius 3 is 2.53 bits per heavy atom. The van der Waals surface area contributed by atoms with Gasteiger partial charge >= 0.3 is 0 Å². The molecule has 0 aliphatic heterocycles. The van der Waals surface area contributed by atoms with E-state index >= 15 is 0 Å². The topological polar surface area (TPSA) is 27.7 Å². The maximum absolute atomic E-state index is 5.51. The first-order valence-corrected chi connectivity index (χ1v) is 6.55. The van der Waals surface area contributed by atoms with Crippen molar-refractivity contribution in [1.29, 1.82) is 0 Å². The van der Waals surface area contributed by atoms with E-state index in [0.29, 0.717) is 19.8 Å². The summed E-state index contributed by atoms with van der Waals surface area (Å²) in [6, 6.07) is 5.93. The molecule has 0 aliphatic rings. The quantitative estimate of drug-likeness (QED) is 0.689. The highest BCUT2D eigenvalue weighted by molar-refractivity contribution is 9.10. The molecular weight excluding hydrogens is 284 g/mol. The summed E-state index contributed by atoms with van der Waals surface area (Å²) in [5.74, 6) is 0.833. The van der Waals surface area contributed by atoms with E-state index in [0.717, 1.165) is 28.8 Å². The van der Waals surface area contributed by atoms with Gasteiger partial charge in [0.15, 0.2) is 0 Å². The molecule has 0 N–H and O–H groups in total. The Morgan fingerprint density at radius 2 is 1.88 bits per heavy atom. The summed E-state index contributed by atoms with van der Waals surface area (Å²) in [6.45, 7) is 4.78. The van der Waals surface area contributed by atoms with Crippen LogP contribution < -0.4 is 4.74 Å². The summed E-state index contributed by atoms with van der Waals surface area (Å²) >= 11 is 3.45. The second-order valence-corrected chi connectivity index (χ2v) is 4.49. The van der Waals surface area contributed by atoms with Crippen LogP contribution >= 0.6 is 15.9 Å². The smallest absolute Gasteiger partial charge is 0.133 e. The Kier molecular flexibility index (Phi) is 7.24. The maximum atomic E-state index is 5.51. The zero-order chi connectivity index (χ0) is 12.5. The number of methoxy groups -OCH3 is 1. The molecule has 0 heterocycles. The average Bonchev–Trinajstić information content (AvgIpc) is 2.34. The minimum absolute atomic E-state index is 0.595. The molecule has 0 aromatic heterocycles. The average molecular weight is 303 g/mol. The zero-order valence-corrected chi connectivity index (χ0v) is 12.0. The van der Waals surface area contributed by atoms with Gasteiger partial charge in [-0.2, -0.15) is 0 Å². The lowest BCUT2D eigenvalue weighted by Gasteiger charge is -2.07. The SMILES string of the molecule is CCCOCCOCc1ccc(OC)c(Br)c1. The fraction of sp³-hybridized carbons (Fsp3) is 0.538. The summed E-state index contributed by atoms with van der Waals surface area (Å²) < 4.78 is 16.9. The van der Waals surface area contributed by atoms with E-state index in [1.807, 2.05) is 18.2 Å². The molecule has 0 fully saturated rings. The fourth-order valence-corrected chi connectivity index (χ4v) is 1.94. The third-order valence-corrected chi connectivity index (χ3v) is 2.83. The first-order chi connectivity index (χ1) is 8.27. The highest BCUT2D eigenvalue weighted by atomic mass is 79.9. The molecule has 0 amide bonds. The maximum Gasteiger partial charge on any atom is 0.133 e. The number of hydrogen-bond acceptors (Lipinski definition) is 3. The van der Waals surface area contributed by atoms with Crippen molar-refractivity contribution in [1.82, 2.24) is 0 Å². The Morgan fingerprint density at radius 1 is 1.12 bits per heavy atom. The molecule has 1 aromatic carbocycles. The van der Waals surface area contributed by atoms with Crippen molar-refractivity contribution in [2.45, 2.75) is 20.0 Å². The second-order valence-electron chi connectivity index (χ2n) is 3.63. The number of hydrogen-bond donors (Lipinski definition) is 0. The van der Waals surface area contributed by atoms with Crippen LogP contribution in [-0.4, -0.2) is 26.9 Å². The van der Waals surface area contributed by atoms with Crippen molar-refractivity contribution in [3.63, 3.8) is 0 Å². The molecule has 0 saturated carbocycles. The normalized spacial score (nSPS) is 10.5. The predicted octanol–water partition coefficient (Wildman–Crippen LogP) is 3.40. The molecule has 0 aliphatic carbocycles. The Labute approximate surface area is 111 Å². The van der Waals surface area contributed by atoms with Crippen molar-refractivity contribution >= 4 is 15.9 Å². The van der Waals surface area contributed by atoms with Gasteiger partial charge in [-0.05, 0) is 40.0 Å².